The van der Waals surface area contributed by atoms with Gasteiger partial charge in [-0.05, 0) is 38.3 Å². The summed E-state index contributed by atoms with van der Waals surface area (Å²) in [5.41, 5.74) is 0. The van der Waals surface area contributed by atoms with Crippen molar-refractivity contribution in [1.29, 1.82) is 0 Å². The van der Waals surface area contributed by atoms with Crippen molar-refractivity contribution in [3.63, 3.8) is 0 Å². The lowest BCUT2D eigenvalue weighted by molar-refractivity contribution is 0.165. The van der Waals surface area contributed by atoms with Gasteiger partial charge in [0.25, 0.3) is 0 Å². The van der Waals surface area contributed by atoms with Crippen molar-refractivity contribution in [3.8, 4) is 0 Å². The SMILES string of the molecule is Cl.OC1CCN(CC2CCNCC2)C1. The summed E-state index contributed by atoms with van der Waals surface area (Å²) in [6.07, 6.45) is 3.55. The first-order valence-corrected chi connectivity index (χ1v) is 5.46. The number of nitrogens with zero attached hydrogens (tertiary/aromatic N) is 1. The average molecular weight is 221 g/mol. The van der Waals surface area contributed by atoms with E-state index in [0.717, 1.165) is 25.4 Å². The van der Waals surface area contributed by atoms with Crippen LogP contribution in [-0.4, -0.2) is 48.8 Å². The Morgan fingerprint density at radius 2 is 1.93 bits per heavy atom. The third-order valence-corrected chi connectivity index (χ3v) is 3.22. The van der Waals surface area contributed by atoms with Crippen LogP contribution in [0.15, 0.2) is 0 Å². The van der Waals surface area contributed by atoms with Crippen molar-refractivity contribution in [2.75, 3.05) is 32.7 Å². The number of aliphatic hydroxyl groups excluding tert-OH is 1. The summed E-state index contributed by atoms with van der Waals surface area (Å²) in [7, 11) is 0. The Morgan fingerprint density at radius 3 is 2.50 bits per heavy atom. The lowest BCUT2D eigenvalue weighted by atomic mass is 9.98. The summed E-state index contributed by atoms with van der Waals surface area (Å²) in [5, 5.41) is 12.8. The molecule has 2 heterocycles. The first-order valence-electron chi connectivity index (χ1n) is 5.46. The number of aliphatic hydroxyl groups is 1. The van der Waals surface area contributed by atoms with E-state index in [4.69, 9.17) is 0 Å². The molecule has 4 heteroatoms. The molecule has 1 unspecified atom stereocenters. The van der Waals surface area contributed by atoms with Gasteiger partial charge in [0.15, 0.2) is 0 Å². The van der Waals surface area contributed by atoms with Crippen molar-refractivity contribution in [3.05, 3.63) is 0 Å². The number of hydrogen-bond acceptors (Lipinski definition) is 3. The van der Waals surface area contributed by atoms with Crippen LogP contribution in [0.1, 0.15) is 19.3 Å². The highest BCUT2D eigenvalue weighted by molar-refractivity contribution is 5.85. The Balaban J connectivity index is 0.000000980. The molecule has 2 aliphatic heterocycles. The van der Waals surface area contributed by atoms with E-state index in [2.05, 4.69) is 10.2 Å². The number of nitrogens with one attached hydrogen (secondary N) is 1. The molecule has 0 bridgehead atoms. The number of β-amino-alcohol motifs (C(OH)–C–C–N with tert-alkyl or cyclic N) is 1. The Hall–Kier alpha value is 0.170. The first kappa shape index (κ1) is 12.2. The van der Waals surface area contributed by atoms with E-state index in [1.54, 1.807) is 0 Å². The van der Waals surface area contributed by atoms with Crippen LogP contribution in [0.2, 0.25) is 0 Å². The molecule has 0 aromatic rings. The van der Waals surface area contributed by atoms with Gasteiger partial charge in [-0.1, -0.05) is 0 Å². The van der Waals surface area contributed by atoms with Crippen molar-refractivity contribution in [1.82, 2.24) is 10.2 Å². The first-order chi connectivity index (χ1) is 6.34. The molecule has 1 atom stereocenters. The van der Waals surface area contributed by atoms with Crippen LogP contribution >= 0.6 is 12.4 Å². The normalized spacial score (nSPS) is 30.2. The van der Waals surface area contributed by atoms with Gasteiger partial charge in [-0.3, -0.25) is 0 Å². The zero-order chi connectivity index (χ0) is 9.10. The van der Waals surface area contributed by atoms with E-state index < -0.39 is 0 Å². The lowest BCUT2D eigenvalue weighted by Gasteiger charge is -2.27. The zero-order valence-corrected chi connectivity index (χ0v) is 9.43. The molecule has 0 spiro atoms. The molecule has 0 amide bonds. The Kier molecular flexibility index (Phi) is 5.17. The number of hydrogen-bond donors (Lipinski definition) is 2. The molecule has 2 rings (SSSR count). The van der Waals surface area contributed by atoms with E-state index in [1.165, 1.54) is 32.5 Å². The lowest BCUT2D eigenvalue weighted by Crippen LogP contribution is -2.35. The molecule has 14 heavy (non-hydrogen) atoms. The minimum Gasteiger partial charge on any atom is -0.392 e. The third kappa shape index (κ3) is 3.39. The van der Waals surface area contributed by atoms with Crippen molar-refractivity contribution in [2.24, 2.45) is 5.92 Å². The molecule has 2 aliphatic rings. The van der Waals surface area contributed by atoms with Crippen LogP contribution in [0.5, 0.6) is 0 Å². The number of rotatable bonds is 2. The number of piperidine rings is 1. The summed E-state index contributed by atoms with van der Waals surface area (Å²) in [6.45, 7) is 5.58. The molecule has 0 aromatic heterocycles. The highest BCUT2D eigenvalue weighted by atomic mass is 35.5. The Labute approximate surface area is 92.3 Å². The van der Waals surface area contributed by atoms with Crippen LogP contribution in [0.3, 0.4) is 0 Å². The van der Waals surface area contributed by atoms with Gasteiger partial charge in [-0.2, -0.15) is 0 Å². The fourth-order valence-electron chi connectivity index (χ4n) is 2.41. The van der Waals surface area contributed by atoms with Crippen LogP contribution < -0.4 is 5.32 Å². The second-order valence-corrected chi connectivity index (χ2v) is 4.40. The van der Waals surface area contributed by atoms with Gasteiger partial charge in [0.2, 0.25) is 0 Å². The minimum absolute atomic E-state index is 0. The summed E-state index contributed by atoms with van der Waals surface area (Å²) in [4.78, 5) is 2.42. The smallest absolute Gasteiger partial charge is 0.0679 e. The number of likely N-dealkylation sites (tertiary alicyclic amines) is 1. The fraction of sp³-hybridized carbons (Fsp3) is 1.00. The van der Waals surface area contributed by atoms with Crippen LogP contribution in [0.25, 0.3) is 0 Å². The van der Waals surface area contributed by atoms with Gasteiger partial charge < -0.3 is 15.3 Å². The molecule has 0 aromatic carbocycles. The minimum atomic E-state index is -0.0540. The van der Waals surface area contributed by atoms with Gasteiger partial charge in [-0.15, -0.1) is 12.4 Å². The molecule has 0 radical (unpaired) electrons. The van der Waals surface area contributed by atoms with Crippen LogP contribution in [0, 0.1) is 5.92 Å². The van der Waals surface area contributed by atoms with Crippen molar-refractivity contribution >= 4 is 12.4 Å². The van der Waals surface area contributed by atoms with E-state index >= 15 is 0 Å². The zero-order valence-electron chi connectivity index (χ0n) is 8.61. The molecule has 2 N–H and O–H groups in total. The van der Waals surface area contributed by atoms with E-state index in [1.807, 2.05) is 0 Å². The summed E-state index contributed by atoms with van der Waals surface area (Å²) in [5.74, 6) is 0.867. The van der Waals surface area contributed by atoms with Crippen molar-refractivity contribution < 1.29 is 5.11 Å². The van der Waals surface area contributed by atoms with Crippen molar-refractivity contribution in [2.45, 2.75) is 25.4 Å². The number of halogens is 1. The summed E-state index contributed by atoms with van der Waals surface area (Å²) in [6, 6.07) is 0. The highest BCUT2D eigenvalue weighted by Gasteiger charge is 2.23. The third-order valence-electron chi connectivity index (χ3n) is 3.22. The topological polar surface area (TPSA) is 35.5 Å². The van der Waals surface area contributed by atoms with E-state index in [9.17, 15) is 5.11 Å². The predicted molar refractivity (Wildman–Crippen MR) is 59.9 cm³/mol. The monoisotopic (exact) mass is 220 g/mol. The molecular weight excluding hydrogens is 200 g/mol. The van der Waals surface area contributed by atoms with Crippen LogP contribution in [0.4, 0.5) is 0 Å². The van der Waals surface area contributed by atoms with Gasteiger partial charge in [0.1, 0.15) is 0 Å². The molecule has 84 valence electrons. The maximum absolute atomic E-state index is 9.38. The second-order valence-electron chi connectivity index (χ2n) is 4.40. The molecule has 0 saturated carbocycles. The predicted octanol–water partition coefficient (Wildman–Crippen LogP) is 0.474. The molecule has 0 aliphatic carbocycles. The molecule has 2 fully saturated rings. The molecule has 3 nitrogen and oxygen atoms in total. The maximum atomic E-state index is 9.38. The van der Waals surface area contributed by atoms with Gasteiger partial charge in [0, 0.05) is 19.6 Å². The van der Waals surface area contributed by atoms with Gasteiger partial charge in [0.05, 0.1) is 6.10 Å². The maximum Gasteiger partial charge on any atom is 0.0679 e. The molecular formula is C10H21ClN2O. The van der Waals surface area contributed by atoms with E-state index in [-0.39, 0.29) is 18.5 Å². The standard InChI is InChI=1S/C10H20N2O.ClH/c13-10-3-6-12(8-10)7-9-1-4-11-5-2-9;/h9-11,13H,1-8H2;1H. The Bertz CT molecular complexity index is 159. The summed E-state index contributed by atoms with van der Waals surface area (Å²) < 4.78 is 0. The molecule has 2 saturated heterocycles. The van der Waals surface area contributed by atoms with Crippen LogP contribution in [-0.2, 0) is 0 Å². The van der Waals surface area contributed by atoms with Gasteiger partial charge >= 0.3 is 0 Å². The fourth-order valence-corrected chi connectivity index (χ4v) is 2.41. The van der Waals surface area contributed by atoms with E-state index in [0.29, 0.717) is 0 Å². The van der Waals surface area contributed by atoms with Gasteiger partial charge in [-0.25, -0.2) is 0 Å². The average Bonchev–Trinajstić information content (AvgIpc) is 2.53. The largest absolute Gasteiger partial charge is 0.392 e. The summed E-state index contributed by atoms with van der Waals surface area (Å²) >= 11 is 0. The highest BCUT2D eigenvalue weighted by Crippen LogP contribution is 2.17. The quantitative estimate of drug-likeness (QED) is 0.711. The Morgan fingerprint density at radius 1 is 1.21 bits per heavy atom. The second kappa shape index (κ2) is 5.91.